The summed E-state index contributed by atoms with van der Waals surface area (Å²) in [6.45, 7) is 2.05. The Bertz CT molecular complexity index is 667. The minimum absolute atomic E-state index is 0.102. The van der Waals surface area contributed by atoms with Gasteiger partial charge in [-0.05, 0) is 30.2 Å². The maximum atomic E-state index is 11.8. The number of amides is 1. The first kappa shape index (κ1) is 18.4. The van der Waals surface area contributed by atoms with Gasteiger partial charge in [-0.3, -0.25) is 14.3 Å². The summed E-state index contributed by atoms with van der Waals surface area (Å²) in [6.07, 6.45) is 2.12. The molecule has 0 spiro atoms. The summed E-state index contributed by atoms with van der Waals surface area (Å²) in [4.78, 5) is 23.4. The smallest absolute Gasteiger partial charge is 0.307 e. The number of hydrogen-bond donors (Lipinski definition) is 1. The van der Waals surface area contributed by atoms with Crippen molar-refractivity contribution in [2.75, 3.05) is 5.75 Å². The van der Waals surface area contributed by atoms with E-state index in [-0.39, 0.29) is 25.4 Å². The number of ether oxygens (including phenoxy) is 1. The van der Waals surface area contributed by atoms with Crippen LogP contribution in [0.3, 0.4) is 0 Å². The fourth-order valence-electron chi connectivity index (χ4n) is 2.42. The van der Waals surface area contributed by atoms with Gasteiger partial charge in [-0.1, -0.05) is 37.3 Å². The van der Waals surface area contributed by atoms with E-state index in [4.69, 9.17) is 4.74 Å². The molecule has 1 unspecified atom stereocenters. The van der Waals surface area contributed by atoms with Crippen molar-refractivity contribution in [2.45, 2.75) is 39.2 Å². The van der Waals surface area contributed by atoms with Crippen LogP contribution in [-0.2, 0) is 31.0 Å². The van der Waals surface area contributed by atoms with Gasteiger partial charge in [0.05, 0.1) is 12.2 Å². The van der Waals surface area contributed by atoms with Crippen molar-refractivity contribution in [1.82, 2.24) is 4.72 Å². The maximum Gasteiger partial charge on any atom is 0.307 e. The summed E-state index contributed by atoms with van der Waals surface area (Å²) in [7, 11) is -3.81. The highest BCUT2D eigenvalue weighted by molar-refractivity contribution is 7.90. The van der Waals surface area contributed by atoms with Gasteiger partial charge >= 0.3 is 5.97 Å². The molecule has 0 aliphatic heterocycles. The van der Waals surface area contributed by atoms with Crippen molar-refractivity contribution in [2.24, 2.45) is 11.8 Å². The third kappa shape index (κ3) is 6.70. The first-order chi connectivity index (χ1) is 11.4. The van der Waals surface area contributed by atoms with Crippen molar-refractivity contribution >= 4 is 21.9 Å². The van der Waals surface area contributed by atoms with Gasteiger partial charge in [-0.15, -0.1) is 0 Å². The van der Waals surface area contributed by atoms with E-state index in [0.717, 1.165) is 18.4 Å². The average molecular weight is 353 g/mol. The van der Waals surface area contributed by atoms with Crippen molar-refractivity contribution in [1.29, 1.82) is 0 Å². The molecule has 1 amide bonds. The molecule has 0 radical (unpaired) electrons. The lowest BCUT2D eigenvalue weighted by Gasteiger charge is -2.11. The zero-order valence-corrected chi connectivity index (χ0v) is 14.6. The standard InChI is InChI=1S/C17H23NO5S/c1-13(15-7-8-15)11-16(19)18-24(21,22)10-9-17(20)23-12-14-5-3-2-4-6-14/h2-6,13,15H,7-12H2,1H3,(H,18,19). The highest BCUT2D eigenvalue weighted by Gasteiger charge is 2.30. The number of nitrogens with one attached hydrogen (secondary N) is 1. The van der Waals surface area contributed by atoms with Gasteiger partial charge in [0.2, 0.25) is 15.9 Å². The number of sulfonamides is 1. The molecule has 0 aromatic heterocycles. The SMILES string of the molecule is CC(CC(=O)NS(=O)(=O)CCC(=O)OCc1ccccc1)C1CC1. The van der Waals surface area contributed by atoms with Gasteiger partial charge in [0.15, 0.2) is 0 Å². The van der Waals surface area contributed by atoms with Gasteiger partial charge in [-0.25, -0.2) is 8.42 Å². The molecule has 6 nitrogen and oxygen atoms in total. The highest BCUT2D eigenvalue weighted by Crippen LogP contribution is 2.38. The van der Waals surface area contributed by atoms with Crippen LogP contribution in [0.25, 0.3) is 0 Å². The van der Waals surface area contributed by atoms with Crippen molar-refractivity contribution in [3.8, 4) is 0 Å². The Hall–Kier alpha value is -1.89. The van der Waals surface area contributed by atoms with Gasteiger partial charge in [0.25, 0.3) is 0 Å². The Morgan fingerprint density at radius 3 is 2.54 bits per heavy atom. The molecule has 1 saturated carbocycles. The van der Waals surface area contributed by atoms with Crippen LogP contribution in [0.1, 0.15) is 38.2 Å². The van der Waals surface area contributed by atoms with Crippen LogP contribution >= 0.6 is 0 Å². The molecule has 0 heterocycles. The molecule has 1 fully saturated rings. The van der Waals surface area contributed by atoms with Gasteiger partial charge in [0, 0.05) is 6.42 Å². The molecular formula is C17H23NO5S. The first-order valence-corrected chi connectivity index (χ1v) is 9.74. The second kappa shape index (κ2) is 8.28. The largest absolute Gasteiger partial charge is 0.461 e. The number of carbonyl (C=O) groups is 2. The fourth-order valence-corrected chi connectivity index (χ4v) is 3.39. The highest BCUT2D eigenvalue weighted by atomic mass is 32.2. The normalized spacial score (nSPS) is 15.5. The summed E-state index contributed by atoms with van der Waals surface area (Å²) < 4.78 is 30.7. The van der Waals surface area contributed by atoms with Gasteiger partial charge < -0.3 is 4.74 Å². The van der Waals surface area contributed by atoms with Crippen molar-refractivity contribution < 1.29 is 22.7 Å². The van der Waals surface area contributed by atoms with Gasteiger partial charge in [-0.2, -0.15) is 0 Å². The van der Waals surface area contributed by atoms with E-state index in [1.165, 1.54) is 0 Å². The predicted molar refractivity (Wildman–Crippen MR) is 89.3 cm³/mol. The summed E-state index contributed by atoms with van der Waals surface area (Å²) in [5.41, 5.74) is 0.830. The molecule has 1 atom stereocenters. The van der Waals surface area contributed by atoms with Crippen LogP contribution in [0.2, 0.25) is 0 Å². The molecule has 1 aliphatic carbocycles. The van der Waals surface area contributed by atoms with E-state index in [0.29, 0.717) is 5.92 Å². The molecule has 0 saturated heterocycles. The fraction of sp³-hybridized carbons (Fsp3) is 0.529. The molecular weight excluding hydrogens is 330 g/mol. The van der Waals surface area contributed by atoms with Crippen LogP contribution < -0.4 is 4.72 Å². The number of rotatable bonds is 9. The molecule has 1 N–H and O–H groups in total. The third-order valence-corrected chi connectivity index (χ3v) is 5.30. The van der Waals surface area contributed by atoms with Gasteiger partial charge in [0.1, 0.15) is 6.61 Å². The molecule has 1 aliphatic rings. The third-order valence-electron chi connectivity index (χ3n) is 4.02. The Balaban J connectivity index is 1.69. The van der Waals surface area contributed by atoms with E-state index >= 15 is 0 Å². The van der Waals surface area contributed by atoms with Crippen molar-refractivity contribution in [3.63, 3.8) is 0 Å². The molecule has 0 bridgehead atoms. The molecule has 7 heteroatoms. The number of hydrogen-bond acceptors (Lipinski definition) is 5. The second-order valence-electron chi connectivity index (χ2n) is 6.26. The van der Waals surface area contributed by atoms with E-state index < -0.39 is 27.7 Å². The summed E-state index contributed by atoms with van der Waals surface area (Å²) in [5.74, 6) is -0.845. The molecule has 2 rings (SSSR count). The summed E-state index contributed by atoms with van der Waals surface area (Å²) >= 11 is 0. The topological polar surface area (TPSA) is 89.5 Å². The Labute approximate surface area is 142 Å². The van der Waals surface area contributed by atoms with Crippen molar-refractivity contribution in [3.05, 3.63) is 35.9 Å². The van der Waals surface area contributed by atoms with Crippen LogP contribution in [0, 0.1) is 11.8 Å². The van der Waals surface area contributed by atoms with Crippen LogP contribution in [0.4, 0.5) is 0 Å². The minimum atomic E-state index is -3.81. The average Bonchev–Trinajstić information content (AvgIpc) is 3.36. The summed E-state index contributed by atoms with van der Waals surface area (Å²) in [5, 5.41) is 0. The van der Waals surface area contributed by atoms with Crippen LogP contribution in [0.5, 0.6) is 0 Å². The number of carbonyl (C=O) groups excluding carboxylic acids is 2. The zero-order valence-electron chi connectivity index (χ0n) is 13.7. The maximum absolute atomic E-state index is 11.8. The number of benzene rings is 1. The Morgan fingerprint density at radius 1 is 1.25 bits per heavy atom. The zero-order chi connectivity index (χ0) is 17.6. The van der Waals surface area contributed by atoms with E-state index in [9.17, 15) is 18.0 Å². The Kier molecular flexibility index (Phi) is 6.36. The van der Waals surface area contributed by atoms with E-state index in [1.807, 2.05) is 42.0 Å². The van der Waals surface area contributed by atoms with E-state index in [2.05, 4.69) is 0 Å². The quantitative estimate of drug-likeness (QED) is 0.686. The van der Waals surface area contributed by atoms with E-state index in [1.54, 1.807) is 0 Å². The number of esters is 1. The minimum Gasteiger partial charge on any atom is -0.461 e. The first-order valence-electron chi connectivity index (χ1n) is 8.08. The second-order valence-corrected chi connectivity index (χ2v) is 8.10. The Morgan fingerprint density at radius 2 is 1.92 bits per heavy atom. The molecule has 1 aromatic carbocycles. The predicted octanol–water partition coefficient (Wildman–Crippen LogP) is 2.00. The lowest BCUT2D eigenvalue weighted by molar-refractivity contribution is -0.144. The monoisotopic (exact) mass is 353 g/mol. The summed E-state index contributed by atoms with van der Waals surface area (Å²) in [6, 6.07) is 9.12. The molecule has 1 aromatic rings. The molecule has 24 heavy (non-hydrogen) atoms. The molecule has 132 valence electrons. The lowest BCUT2D eigenvalue weighted by atomic mass is 10.0. The lowest BCUT2D eigenvalue weighted by Crippen LogP contribution is -2.34. The van der Waals surface area contributed by atoms with Crippen LogP contribution in [-0.4, -0.2) is 26.0 Å². The van der Waals surface area contributed by atoms with Crippen LogP contribution in [0.15, 0.2) is 30.3 Å².